The van der Waals surface area contributed by atoms with Gasteiger partial charge < -0.3 is 15.3 Å². The molecule has 0 bridgehead atoms. The van der Waals surface area contributed by atoms with Crippen molar-refractivity contribution >= 4 is 29.4 Å². The highest BCUT2D eigenvalue weighted by Crippen LogP contribution is 2.43. The Balaban J connectivity index is 1.30. The third-order valence-corrected chi connectivity index (χ3v) is 7.31. The molecule has 2 aliphatic rings. The molecule has 0 saturated carbocycles. The molecule has 180 valence electrons. The summed E-state index contributed by atoms with van der Waals surface area (Å²) in [4.78, 5) is 31.6. The predicted octanol–water partition coefficient (Wildman–Crippen LogP) is 4.24. The number of aromatic carboxylic acids is 1. The maximum absolute atomic E-state index is 13.7. The highest BCUT2D eigenvalue weighted by atomic mass is 16.4. The lowest BCUT2D eigenvalue weighted by Gasteiger charge is -2.39. The van der Waals surface area contributed by atoms with E-state index in [1.54, 1.807) is 0 Å². The number of carbonyl (C=O) groups is 2. The number of hydrogen-bond donors (Lipinski definition) is 2. The Kier molecular flexibility index (Phi) is 5.29. The second kappa shape index (κ2) is 8.64. The maximum atomic E-state index is 13.7. The van der Waals surface area contributed by atoms with Gasteiger partial charge in [0.25, 0.3) is 5.91 Å². The average molecular weight is 480 g/mol. The van der Waals surface area contributed by atoms with Crippen molar-refractivity contribution in [3.63, 3.8) is 0 Å². The number of carbonyl (C=O) groups excluding carboxylic acids is 1. The van der Waals surface area contributed by atoms with Gasteiger partial charge in [0.05, 0.1) is 6.20 Å². The van der Waals surface area contributed by atoms with Gasteiger partial charge in [-0.25, -0.2) is 9.78 Å². The van der Waals surface area contributed by atoms with E-state index in [4.69, 9.17) is 0 Å². The van der Waals surface area contributed by atoms with Crippen LogP contribution in [0.3, 0.4) is 0 Å². The van der Waals surface area contributed by atoms with E-state index in [1.165, 1.54) is 28.0 Å². The summed E-state index contributed by atoms with van der Waals surface area (Å²) in [7, 11) is 0. The van der Waals surface area contributed by atoms with Crippen LogP contribution < -0.4 is 5.32 Å². The van der Waals surface area contributed by atoms with Crippen LogP contribution in [0.2, 0.25) is 0 Å². The van der Waals surface area contributed by atoms with Crippen LogP contribution in [0.5, 0.6) is 0 Å². The van der Waals surface area contributed by atoms with Gasteiger partial charge in [0, 0.05) is 31.2 Å². The molecule has 36 heavy (non-hydrogen) atoms. The lowest BCUT2D eigenvalue weighted by molar-refractivity contribution is 0.0685. The molecule has 1 aliphatic carbocycles. The molecule has 3 heterocycles. The number of nitrogens with zero attached hydrogens (tertiary/aromatic N) is 4. The fourth-order valence-electron chi connectivity index (χ4n) is 5.34. The lowest BCUT2D eigenvalue weighted by atomic mass is 9.74. The van der Waals surface area contributed by atoms with Crippen LogP contribution in [0.15, 0.2) is 73.1 Å². The molecular weight excluding hydrogens is 454 g/mol. The van der Waals surface area contributed by atoms with Crippen LogP contribution in [0.1, 0.15) is 50.2 Å². The van der Waals surface area contributed by atoms with Gasteiger partial charge in [-0.2, -0.15) is 9.61 Å². The smallest absolute Gasteiger partial charge is 0.341 e. The number of rotatable bonds is 5. The van der Waals surface area contributed by atoms with Crippen molar-refractivity contribution in [2.24, 2.45) is 0 Å². The Morgan fingerprint density at radius 1 is 0.972 bits per heavy atom. The predicted molar refractivity (Wildman–Crippen MR) is 136 cm³/mol. The summed E-state index contributed by atoms with van der Waals surface area (Å²) in [5.74, 6) is -0.818. The van der Waals surface area contributed by atoms with Crippen LogP contribution >= 0.6 is 0 Å². The quantitative estimate of drug-likeness (QED) is 0.444. The minimum atomic E-state index is -1.11. The van der Waals surface area contributed by atoms with E-state index < -0.39 is 5.97 Å². The number of likely N-dealkylation sites (tertiary alicyclic amines) is 1. The zero-order valence-corrected chi connectivity index (χ0v) is 19.6. The first-order valence-corrected chi connectivity index (χ1v) is 12.0. The van der Waals surface area contributed by atoms with Crippen molar-refractivity contribution in [1.29, 1.82) is 0 Å². The molecule has 1 saturated heterocycles. The van der Waals surface area contributed by atoms with Crippen LogP contribution in [-0.4, -0.2) is 49.6 Å². The summed E-state index contributed by atoms with van der Waals surface area (Å²) in [5, 5.41) is 17.1. The van der Waals surface area contributed by atoms with Crippen LogP contribution in [0, 0.1) is 0 Å². The van der Waals surface area contributed by atoms with Crippen molar-refractivity contribution in [2.75, 3.05) is 18.4 Å². The summed E-state index contributed by atoms with van der Waals surface area (Å²) in [6, 6.07) is 18.3. The van der Waals surface area contributed by atoms with Crippen LogP contribution in [-0.2, 0) is 12.0 Å². The summed E-state index contributed by atoms with van der Waals surface area (Å²) in [6.07, 6.45) is 8.90. The van der Waals surface area contributed by atoms with E-state index in [9.17, 15) is 14.7 Å². The van der Waals surface area contributed by atoms with Crippen LogP contribution in [0.4, 0.5) is 5.82 Å². The number of hydrogen-bond acceptors (Lipinski definition) is 5. The van der Waals surface area contributed by atoms with Gasteiger partial charge in [-0.05, 0) is 29.5 Å². The van der Waals surface area contributed by atoms with E-state index >= 15 is 0 Å². The number of carboxylic acid groups (broad SMARTS) is 1. The lowest BCUT2D eigenvalue weighted by Crippen LogP contribution is -2.44. The molecule has 1 amide bonds. The zero-order chi connectivity index (χ0) is 24.7. The molecule has 0 unspecified atom stereocenters. The number of allylic oxidation sites excluding steroid dienone is 1. The Labute approximate surface area is 207 Å². The van der Waals surface area contributed by atoms with E-state index in [-0.39, 0.29) is 22.5 Å². The van der Waals surface area contributed by atoms with Crippen LogP contribution in [0.25, 0.3) is 11.7 Å². The molecule has 2 aromatic carbocycles. The van der Waals surface area contributed by atoms with Crippen molar-refractivity contribution in [3.05, 3.63) is 101 Å². The summed E-state index contributed by atoms with van der Waals surface area (Å²) >= 11 is 0. The third kappa shape index (κ3) is 3.62. The van der Waals surface area contributed by atoms with Gasteiger partial charge >= 0.3 is 5.97 Å². The molecule has 1 fully saturated rings. The second-order valence-electron chi connectivity index (χ2n) is 9.33. The van der Waals surface area contributed by atoms with E-state index in [1.807, 2.05) is 35.2 Å². The second-order valence-corrected chi connectivity index (χ2v) is 9.33. The maximum Gasteiger partial charge on any atom is 0.341 e. The first-order chi connectivity index (χ1) is 17.6. The number of piperidine rings is 1. The molecule has 2 aromatic heterocycles. The average Bonchev–Trinajstić information content (AvgIpc) is 3.51. The van der Waals surface area contributed by atoms with Gasteiger partial charge in [0.1, 0.15) is 16.9 Å². The molecule has 0 atom stereocenters. The third-order valence-electron chi connectivity index (χ3n) is 7.31. The molecule has 1 aliphatic heterocycles. The highest BCUT2D eigenvalue weighted by Gasteiger charge is 2.39. The largest absolute Gasteiger partial charge is 0.477 e. The summed E-state index contributed by atoms with van der Waals surface area (Å²) < 4.78 is 1.42. The van der Waals surface area contributed by atoms with Gasteiger partial charge in [-0.1, -0.05) is 66.7 Å². The highest BCUT2D eigenvalue weighted by molar-refractivity contribution is 6.00. The van der Waals surface area contributed by atoms with Crippen molar-refractivity contribution in [3.8, 4) is 0 Å². The molecule has 4 aromatic rings. The van der Waals surface area contributed by atoms with Crippen molar-refractivity contribution in [1.82, 2.24) is 19.5 Å². The number of carboxylic acids is 1. The van der Waals surface area contributed by atoms with E-state index in [0.29, 0.717) is 31.0 Å². The number of amides is 1. The number of anilines is 1. The normalized spacial score (nSPS) is 15.8. The van der Waals surface area contributed by atoms with Gasteiger partial charge in [0.2, 0.25) is 0 Å². The molecule has 8 nitrogen and oxygen atoms in total. The standard InChI is InChI=1S/C28H25N5O3/c34-26(32-14-12-28(13-15-32)11-10-20-8-4-5-9-23(20)28)21-17-30-25-22(27(35)36)18-31-33(25)24(21)29-16-19-6-2-1-3-7-19/h1-11,17-18,29H,12-16H2,(H,35,36). The Hall–Kier alpha value is -4.46. The molecule has 2 N–H and O–H groups in total. The van der Waals surface area contributed by atoms with E-state index in [2.05, 4.69) is 51.8 Å². The molecule has 6 rings (SSSR count). The monoisotopic (exact) mass is 479 g/mol. The zero-order valence-electron chi connectivity index (χ0n) is 19.6. The fraction of sp³-hybridized carbons (Fsp3) is 0.214. The van der Waals surface area contributed by atoms with Gasteiger partial charge in [0.15, 0.2) is 5.65 Å². The minimum Gasteiger partial charge on any atom is -0.477 e. The first-order valence-electron chi connectivity index (χ1n) is 12.0. The molecular formula is C28H25N5O3. The van der Waals surface area contributed by atoms with E-state index in [0.717, 1.165) is 18.4 Å². The Morgan fingerprint density at radius 2 is 1.72 bits per heavy atom. The van der Waals surface area contributed by atoms with Gasteiger partial charge in [-0.15, -0.1) is 0 Å². The topological polar surface area (TPSA) is 99.8 Å². The fourth-order valence-corrected chi connectivity index (χ4v) is 5.34. The molecule has 1 spiro atoms. The minimum absolute atomic E-state index is 0.0108. The Morgan fingerprint density at radius 3 is 2.50 bits per heavy atom. The Bertz CT molecular complexity index is 1500. The summed E-state index contributed by atoms with van der Waals surface area (Å²) in [5.41, 5.74) is 4.15. The van der Waals surface area contributed by atoms with Crippen molar-refractivity contribution in [2.45, 2.75) is 24.8 Å². The first kappa shape index (κ1) is 22.0. The number of aromatic nitrogens is 3. The molecule has 0 radical (unpaired) electrons. The van der Waals surface area contributed by atoms with Crippen molar-refractivity contribution < 1.29 is 14.7 Å². The number of nitrogens with one attached hydrogen (secondary N) is 1. The number of benzene rings is 2. The summed E-state index contributed by atoms with van der Waals surface area (Å²) in [6.45, 7) is 1.69. The van der Waals surface area contributed by atoms with Gasteiger partial charge in [-0.3, -0.25) is 4.79 Å². The molecule has 8 heteroatoms. The number of fused-ring (bicyclic) bond motifs is 3. The SMILES string of the molecule is O=C(O)c1cnn2c(NCc3ccccc3)c(C(=O)N3CCC4(C=Cc5ccccc54)CC3)cnc12.